The molecule has 0 aliphatic carbocycles. The first-order valence-corrected chi connectivity index (χ1v) is 6.63. The van der Waals surface area contributed by atoms with E-state index in [1.165, 1.54) is 0 Å². The molecule has 19 heavy (non-hydrogen) atoms. The standard InChI is InChI=1S/C15H24N2O2/c1-15(2,3)19-10-4-5-14(18)17-13-8-6-12(11-16)7-9-13/h6-9H,4-5,10-11,16H2,1-3H3,(H,17,18). The summed E-state index contributed by atoms with van der Waals surface area (Å²) in [5.74, 6) is 0.0120. The maximum absolute atomic E-state index is 11.7. The summed E-state index contributed by atoms with van der Waals surface area (Å²) >= 11 is 0. The van der Waals surface area contributed by atoms with Crippen LogP contribution >= 0.6 is 0 Å². The van der Waals surface area contributed by atoms with Gasteiger partial charge in [0.15, 0.2) is 0 Å². The van der Waals surface area contributed by atoms with Crippen molar-refractivity contribution < 1.29 is 9.53 Å². The van der Waals surface area contributed by atoms with Crippen LogP contribution in [0.25, 0.3) is 0 Å². The van der Waals surface area contributed by atoms with Gasteiger partial charge in [0.05, 0.1) is 5.60 Å². The zero-order valence-corrected chi connectivity index (χ0v) is 12.0. The second-order valence-electron chi connectivity index (χ2n) is 5.51. The quantitative estimate of drug-likeness (QED) is 0.776. The zero-order chi connectivity index (χ0) is 14.3. The Bertz CT molecular complexity index is 394. The molecule has 1 aromatic rings. The predicted octanol–water partition coefficient (Wildman–Crippen LogP) is 2.68. The minimum atomic E-state index is -0.144. The highest BCUT2D eigenvalue weighted by molar-refractivity contribution is 5.90. The normalized spacial score (nSPS) is 11.4. The average molecular weight is 264 g/mol. The Labute approximate surface area is 115 Å². The van der Waals surface area contributed by atoms with Crippen LogP contribution in [0.4, 0.5) is 5.69 Å². The molecule has 0 saturated carbocycles. The molecule has 3 N–H and O–H groups in total. The fraction of sp³-hybridized carbons (Fsp3) is 0.533. The molecule has 1 rings (SSSR count). The van der Waals surface area contributed by atoms with Gasteiger partial charge in [0.1, 0.15) is 0 Å². The van der Waals surface area contributed by atoms with Crippen molar-refractivity contribution in [1.29, 1.82) is 0 Å². The summed E-state index contributed by atoms with van der Waals surface area (Å²) in [7, 11) is 0. The highest BCUT2D eigenvalue weighted by Crippen LogP contribution is 2.11. The first-order valence-electron chi connectivity index (χ1n) is 6.63. The zero-order valence-electron chi connectivity index (χ0n) is 12.0. The van der Waals surface area contributed by atoms with Gasteiger partial charge in [0, 0.05) is 25.3 Å². The molecule has 0 aliphatic heterocycles. The van der Waals surface area contributed by atoms with Gasteiger partial charge in [-0.25, -0.2) is 0 Å². The van der Waals surface area contributed by atoms with Crippen LogP contribution in [0, 0.1) is 0 Å². The number of rotatable bonds is 6. The number of nitrogens with one attached hydrogen (secondary N) is 1. The van der Waals surface area contributed by atoms with Gasteiger partial charge in [0.25, 0.3) is 0 Å². The number of ether oxygens (including phenoxy) is 1. The molecule has 0 radical (unpaired) electrons. The third kappa shape index (κ3) is 6.94. The lowest BCUT2D eigenvalue weighted by Gasteiger charge is -2.19. The van der Waals surface area contributed by atoms with Gasteiger partial charge in [-0.2, -0.15) is 0 Å². The second-order valence-corrected chi connectivity index (χ2v) is 5.51. The van der Waals surface area contributed by atoms with Crippen LogP contribution in [-0.2, 0) is 16.1 Å². The molecule has 0 spiro atoms. The van der Waals surface area contributed by atoms with Crippen molar-refractivity contribution in [2.24, 2.45) is 5.73 Å². The average Bonchev–Trinajstić information content (AvgIpc) is 2.34. The molecule has 0 heterocycles. The van der Waals surface area contributed by atoms with Gasteiger partial charge >= 0.3 is 0 Å². The molecule has 0 aromatic heterocycles. The van der Waals surface area contributed by atoms with Crippen LogP contribution in [0.2, 0.25) is 0 Å². The topological polar surface area (TPSA) is 64.3 Å². The summed E-state index contributed by atoms with van der Waals surface area (Å²) in [6, 6.07) is 7.56. The summed E-state index contributed by atoms with van der Waals surface area (Å²) in [6.07, 6.45) is 1.19. The van der Waals surface area contributed by atoms with Crippen LogP contribution in [-0.4, -0.2) is 18.1 Å². The van der Waals surface area contributed by atoms with Crippen molar-refractivity contribution in [3.8, 4) is 0 Å². The van der Waals surface area contributed by atoms with Crippen molar-refractivity contribution in [3.63, 3.8) is 0 Å². The number of nitrogens with two attached hydrogens (primary N) is 1. The maximum atomic E-state index is 11.7. The number of hydrogen-bond donors (Lipinski definition) is 2. The Morgan fingerprint density at radius 1 is 1.26 bits per heavy atom. The molecule has 1 amide bonds. The minimum Gasteiger partial charge on any atom is -0.376 e. The number of benzene rings is 1. The molecule has 0 unspecified atom stereocenters. The molecular weight excluding hydrogens is 240 g/mol. The van der Waals surface area contributed by atoms with E-state index in [0.29, 0.717) is 19.6 Å². The Morgan fingerprint density at radius 2 is 1.89 bits per heavy atom. The molecule has 0 aliphatic rings. The molecule has 0 atom stereocenters. The SMILES string of the molecule is CC(C)(C)OCCCC(=O)Nc1ccc(CN)cc1. The van der Waals surface area contributed by atoms with E-state index in [0.717, 1.165) is 17.7 Å². The number of hydrogen-bond acceptors (Lipinski definition) is 3. The molecule has 0 saturated heterocycles. The monoisotopic (exact) mass is 264 g/mol. The lowest BCUT2D eigenvalue weighted by atomic mass is 10.2. The van der Waals surface area contributed by atoms with Crippen molar-refractivity contribution in [2.75, 3.05) is 11.9 Å². The van der Waals surface area contributed by atoms with Gasteiger partial charge in [-0.3, -0.25) is 4.79 Å². The third-order valence-electron chi connectivity index (χ3n) is 2.56. The van der Waals surface area contributed by atoms with E-state index in [1.807, 2.05) is 45.0 Å². The Hall–Kier alpha value is -1.39. The number of carbonyl (C=O) groups is 1. The summed E-state index contributed by atoms with van der Waals surface area (Å²) < 4.78 is 5.57. The maximum Gasteiger partial charge on any atom is 0.224 e. The summed E-state index contributed by atoms with van der Waals surface area (Å²) in [4.78, 5) is 11.7. The van der Waals surface area contributed by atoms with Crippen molar-refractivity contribution in [1.82, 2.24) is 0 Å². The van der Waals surface area contributed by atoms with E-state index >= 15 is 0 Å². The van der Waals surface area contributed by atoms with E-state index in [-0.39, 0.29) is 11.5 Å². The van der Waals surface area contributed by atoms with Crippen LogP contribution in [0.15, 0.2) is 24.3 Å². The number of amides is 1. The van der Waals surface area contributed by atoms with Gasteiger partial charge in [-0.05, 0) is 44.9 Å². The molecule has 1 aromatic carbocycles. The fourth-order valence-electron chi connectivity index (χ4n) is 1.56. The molecule has 4 nitrogen and oxygen atoms in total. The number of anilines is 1. The Morgan fingerprint density at radius 3 is 2.42 bits per heavy atom. The molecule has 4 heteroatoms. The van der Waals surface area contributed by atoms with Gasteiger partial charge in [0.2, 0.25) is 5.91 Å². The first-order chi connectivity index (χ1) is 8.90. The molecule has 106 valence electrons. The van der Waals surface area contributed by atoms with Gasteiger partial charge in [-0.1, -0.05) is 12.1 Å². The lowest BCUT2D eigenvalue weighted by Crippen LogP contribution is -2.20. The van der Waals surface area contributed by atoms with Crippen molar-refractivity contribution >= 4 is 11.6 Å². The molecule has 0 fully saturated rings. The Kier molecular flexibility index (Phi) is 5.99. The summed E-state index contributed by atoms with van der Waals surface area (Å²) in [5, 5.41) is 2.86. The third-order valence-corrected chi connectivity index (χ3v) is 2.56. The van der Waals surface area contributed by atoms with E-state index in [2.05, 4.69) is 5.32 Å². The molecule has 0 bridgehead atoms. The van der Waals surface area contributed by atoms with E-state index in [4.69, 9.17) is 10.5 Å². The highest BCUT2D eigenvalue weighted by Gasteiger charge is 2.10. The largest absolute Gasteiger partial charge is 0.376 e. The molecular formula is C15H24N2O2. The predicted molar refractivity (Wildman–Crippen MR) is 77.9 cm³/mol. The fourth-order valence-corrected chi connectivity index (χ4v) is 1.56. The highest BCUT2D eigenvalue weighted by atomic mass is 16.5. The van der Waals surface area contributed by atoms with Crippen LogP contribution in [0.1, 0.15) is 39.2 Å². The summed E-state index contributed by atoms with van der Waals surface area (Å²) in [6.45, 7) is 7.13. The van der Waals surface area contributed by atoms with Gasteiger partial charge < -0.3 is 15.8 Å². The van der Waals surface area contributed by atoms with Crippen LogP contribution in [0.5, 0.6) is 0 Å². The van der Waals surface area contributed by atoms with Crippen LogP contribution < -0.4 is 11.1 Å². The van der Waals surface area contributed by atoms with Crippen molar-refractivity contribution in [2.45, 2.75) is 45.8 Å². The summed E-state index contributed by atoms with van der Waals surface area (Å²) in [5.41, 5.74) is 7.23. The first kappa shape index (κ1) is 15.7. The van der Waals surface area contributed by atoms with E-state index < -0.39 is 0 Å². The van der Waals surface area contributed by atoms with Crippen molar-refractivity contribution in [3.05, 3.63) is 29.8 Å². The minimum absolute atomic E-state index is 0.0120. The lowest BCUT2D eigenvalue weighted by molar-refractivity contribution is -0.116. The number of carbonyl (C=O) groups excluding carboxylic acids is 1. The van der Waals surface area contributed by atoms with E-state index in [9.17, 15) is 4.79 Å². The second kappa shape index (κ2) is 7.26. The smallest absolute Gasteiger partial charge is 0.224 e. The Balaban J connectivity index is 2.27. The van der Waals surface area contributed by atoms with E-state index in [1.54, 1.807) is 0 Å². The van der Waals surface area contributed by atoms with Crippen LogP contribution in [0.3, 0.4) is 0 Å². The van der Waals surface area contributed by atoms with Gasteiger partial charge in [-0.15, -0.1) is 0 Å².